The molecule has 0 saturated carbocycles. The minimum atomic E-state index is -3.82. The van der Waals surface area contributed by atoms with Gasteiger partial charge in [0.1, 0.15) is 17.3 Å². The lowest BCUT2D eigenvalue weighted by molar-refractivity contribution is 0.463. The Labute approximate surface area is 181 Å². The van der Waals surface area contributed by atoms with Crippen LogP contribution < -0.4 is 9.62 Å². The van der Waals surface area contributed by atoms with Gasteiger partial charge in [0.25, 0.3) is 0 Å². The van der Waals surface area contributed by atoms with E-state index in [0.717, 1.165) is 36.1 Å². The van der Waals surface area contributed by atoms with Gasteiger partial charge in [-0.2, -0.15) is 0 Å². The van der Waals surface area contributed by atoms with E-state index in [9.17, 15) is 12.8 Å². The number of aromatic nitrogens is 3. The van der Waals surface area contributed by atoms with Gasteiger partial charge in [0.05, 0.1) is 4.90 Å². The van der Waals surface area contributed by atoms with E-state index in [4.69, 9.17) is 4.98 Å². The van der Waals surface area contributed by atoms with E-state index >= 15 is 0 Å². The van der Waals surface area contributed by atoms with E-state index in [-0.39, 0.29) is 10.9 Å². The van der Waals surface area contributed by atoms with E-state index in [1.54, 1.807) is 6.20 Å². The number of nitrogens with zero attached hydrogens (tertiary/aromatic N) is 4. The summed E-state index contributed by atoms with van der Waals surface area (Å²) in [5.41, 5.74) is 2.49. The fourth-order valence-corrected chi connectivity index (χ4v) is 5.01. The molecule has 7 nitrogen and oxygen atoms in total. The van der Waals surface area contributed by atoms with E-state index in [1.807, 2.05) is 32.0 Å². The van der Waals surface area contributed by atoms with Crippen LogP contribution in [0.2, 0.25) is 0 Å². The zero-order chi connectivity index (χ0) is 22.0. The molecule has 162 valence electrons. The van der Waals surface area contributed by atoms with Crippen LogP contribution in [0.15, 0.2) is 53.6 Å². The predicted molar refractivity (Wildman–Crippen MR) is 117 cm³/mol. The maximum atomic E-state index is 13.5. The van der Waals surface area contributed by atoms with Crippen molar-refractivity contribution in [2.24, 2.45) is 0 Å². The Morgan fingerprint density at radius 1 is 1.13 bits per heavy atom. The molecule has 1 atom stereocenters. The van der Waals surface area contributed by atoms with Gasteiger partial charge >= 0.3 is 0 Å². The highest BCUT2D eigenvalue weighted by molar-refractivity contribution is 7.89. The number of hydrogen-bond donors (Lipinski definition) is 1. The van der Waals surface area contributed by atoms with Crippen molar-refractivity contribution in [2.45, 2.75) is 37.6 Å². The minimum Gasteiger partial charge on any atom is -0.355 e. The molecular weight excluding hydrogens is 417 g/mol. The number of piperidine rings is 1. The first kappa shape index (κ1) is 21.3. The monoisotopic (exact) mass is 441 g/mol. The Kier molecular flexibility index (Phi) is 5.97. The molecule has 0 amide bonds. The summed E-state index contributed by atoms with van der Waals surface area (Å²) in [4.78, 5) is 15.7. The van der Waals surface area contributed by atoms with Gasteiger partial charge in [-0.15, -0.1) is 0 Å². The predicted octanol–water partition coefficient (Wildman–Crippen LogP) is 3.24. The molecule has 0 bridgehead atoms. The highest BCUT2D eigenvalue weighted by Gasteiger charge is 2.27. The third kappa shape index (κ3) is 4.72. The second-order valence-electron chi connectivity index (χ2n) is 7.66. The van der Waals surface area contributed by atoms with Crippen LogP contribution in [-0.4, -0.2) is 42.5 Å². The molecule has 3 heterocycles. The molecule has 1 fully saturated rings. The lowest BCUT2D eigenvalue weighted by atomic mass is 10.1. The maximum absolute atomic E-state index is 13.5. The zero-order valence-electron chi connectivity index (χ0n) is 17.4. The summed E-state index contributed by atoms with van der Waals surface area (Å²) in [6, 6.07) is 10.3. The van der Waals surface area contributed by atoms with Gasteiger partial charge in [0, 0.05) is 36.6 Å². The first-order valence-corrected chi connectivity index (χ1v) is 11.6. The topological polar surface area (TPSA) is 88.1 Å². The highest BCUT2D eigenvalue weighted by atomic mass is 32.2. The Balaban J connectivity index is 1.58. The molecule has 0 radical (unpaired) electrons. The van der Waals surface area contributed by atoms with Gasteiger partial charge in [-0.05, 0) is 57.0 Å². The number of hydrogen-bond acceptors (Lipinski definition) is 6. The van der Waals surface area contributed by atoms with Crippen LogP contribution in [-0.2, 0) is 10.0 Å². The average Bonchev–Trinajstić information content (AvgIpc) is 2.76. The van der Waals surface area contributed by atoms with E-state index in [1.165, 1.54) is 18.2 Å². The Hall–Kier alpha value is -2.91. The largest absolute Gasteiger partial charge is 0.355 e. The van der Waals surface area contributed by atoms with Gasteiger partial charge < -0.3 is 4.90 Å². The number of rotatable bonds is 5. The van der Waals surface area contributed by atoms with Crippen LogP contribution in [0.5, 0.6) is 0 Å². The van der Waals surface area contributed by atoms with Crippen LogP contribution in [0, 0.1) is 19.7 Å². The van der Waals surface area contributed by atoms with Crippen molar-refractivity contribution in [3.8, 4) is 11.5 Å². The lowest BCUT2D eigenvalue weighted by Gasteiger charge is -2.35. The molecule has 9 heteroatoms. The number of halogens is 1. The number of pyridine rings is 1. The number of aryl methyl sites for hydroxylation is 1. The summed E-state index contributed by atoms with van der Waals surface area (Å²) in [7, 11) is -3.82. The third-order valence-corrected chi connectivity index (χ3v) is 6.92. The molecule has 0 spiro atoms. The van der Waals surface area contributed by atoms with Gasteiger partial charge in [0.15, 0.2) is 5.82 Å². The molecule has 4 rings (SSSR count). The fraction of sp³-hybridized carbons (Fsp3) is 0.318. The van der Waals surface area contributed by atoms with Gasteiger partial charge in [-0.25, -0.2) is 27.5 Å². The molecule has 3 aromatic rings. The Morgan fingerprint density at radius 2 is 1.97 bits per heavy atom. The van der Waals surface area contributed by atoms with E-state index in [2.05, 4.69) is 19.6 Å². The number of sulfonamides is 1. The fourth-order valence-electron chi connectivity index (χ4n) is 3.72. The second-order valence-corrected chi connectivity index (χ2v) is 9.37. The van der Waals surface area contributed by atoms with Crippen molar-refractivity contribution in [1.82, 2.24) is 19.7 Å². The van der Waals surface area contributed by atoms with Crippen LogP contribution in [0.25, 0.3) is 11.5 Å². The average molecular weight is 442 g/mol. The van der Waals surface area contributed by atoms with Crippen molar-refractivity contribution >= 4 is 15.8 Å². The van der Waals surface area contributed by atoms with Crippen molar-refractivity contribution in [1.29, 1.82) is 0 Å². The van der Waals surface area contributed by atoms with E-state index in [0.29, 0.717) is 24.5 Å². The van der Waals surface area contributed by atoms with Crippen LogP contribution in [0.4, 0.5) is 10.2 Å². The summed E-state index contributed by atoms with van der Waals surface area (Å²) >= 11 is 0. The maximum Gasteiger partial charge on any atom is 0.240 e. The number of nitrogens with one attached hydrogen (secondary N) is 1. The molecule has 1 N–H and O–H groups in total. The van der Waals surface area contributed by atoms with Crippen molar-refractivity contribution in [3.63, 3.8) is 0 Å². The normalized spacial score (nSPS) is 17.0. The van der Waals surface area contributed by atoms with Gasteiger partial charge in [0.2, 0.25) is 10.0 Å². The minimum absolute atomic E-state index is 0.0730. The molecule has 1 saturated heterocycles. The smallest absolute Gasteiger partial charge is 0.240 e. The molecule has 2 aromatic heterocycles. The second kappa shape index (κ2) is 8.68. The SMILES string of the molecule is Cc1nc(-c2ccccn2)nc(N2CCCC(NS(=O)(=O)c3cccc(F)c3)C2)c1C. The van der Waals surface area contributed by atoms with Crippen LogP contribution in [0.1, 0.15) is 24.1 Å². The first-order valence-electron chi connectivity index (χ1n) is 10.1. The highest BCUT2D eigenvalue weighted by Crippen LogP contribution is 2.26. The Morgan fingerprint density at radius 3 is 2.71 bits per heavy atom. The molecule has 1 aliphatic heterocycles. The number of anilines is 1. The quantitative estimate of drug-likeness (QED) is 0.654. The van der Waals surface area contributed by atoms with Crippen molar-refractivity contribution in [2.75, 3.05) is 18.0 Å². The number of benzene rings is 1. The first-order chi connectivity index (χ1) is 14.8. The standard InChI is InChI=1S/C22H24FN5O2S/c1-15-16(2)25-21(20-10-3-4-11-24-20)26-22(15)28-12-6-8-18(14-28)27-31(29,30)19-9-5-7-17(23)13-19/h3-5,7,9-11,13,18,27H,6,8,12,14H2,1-2H3. The van der Waals surface area contributed by atoms with Crippen molar-refractivity contribution in [3.05, 3.63) is 65.7 Å². The zero-order valence-corrected chi connectivity index (χ0v) is 18.2. The van der Waals surface area contributed by atoms with Crippen molar-refractivity contribution < 1.29 is 12.8 Å². The molecule has 0 aliphatic carbocycles. The lowest BCUT2D eigenvalue weighted by Crippen LogP contribution is -2.48. The van der Waals surface area contributed by atoms with Gasteiger partial charge in [-0.3, -0.25) is 4.98 Å². The summed E-state index contributed by atoms with van der Waals surface area (Å²) in [5.74, 6) is 0.742. The van der Waals surface area contributed by atoms with E-state index < -0.39 is 15.8 Å². The van der Waals surface area contributed by atoms with Crippen LogP contribution in [0.3, 0.4) is 0 Å². The summed E-state index contributed by atoms with van der Waals surface area (Å²) in [6.07, 6.45) is 3.20. The summed E-state index contributed by atoms with van der Waals surface area (Å²) < 4.78 is 41.7. The Bertz CT molecular complexity index is 1190. The molecule has 31 heavy (non-hydrogen) atoms. The van der Waals surface area contributed by atoms with Gasteiger partial charge in [-0.1, -0.05) is 12.1 Å². The molecule has 1 unspecified atom stereocenters. The van der Waals surface area contributed by atoms with Crippen LogP contribution >= 0.6 is 0 Å². The molecular formula is C22H24FN5O2S. The third-order valence-electron chi connectivity index (χ3n) is 5.41. The molecule has 1 aliphatic rings. The summed E-state index contributed by atoms with van der Waals surface area (Å²) in [6.45, 7) is 5.12. The molecule has 1 aromatic carbocycles. The summed E-state index contributed by atoms with van der Waals surface area (Å²) in [5, 5.41) is 0.